The van der Waals surface area contributed by atoms with E-state index in [4.69, 9.17) is 0 Å². The summed E-state index contributed by atoms with van der Waals surface area (Å²) >= 11 is 0. The Morgan fingerprint density at radius 1 is 1.07 bits per heavy atom. The van der Waals surface area contributed by atoms with E-state index in [1.54, 1.807) is 0 Å². The summed E-state index contributed by atoms with van der Waals surface area (Å²) in [6.45, 7) is 0. The van der Waals surface area contributed by atoms with Gasteiger partial charge in [-0.15, -0.1) is 0 Å². The molecule has 0 unspecified atom stereocenters. The first-order valence-electron chi connectivity index (χ1n) is 7.83. The third-order valence-electron chi connectivity index (χ3n) is 3.62. The SMILES string of the molecule is CNS(=O)(=O)c1ccc(C=CC(=O)Nc2cc(F)c(N(C)C)c(F)c2)cc1. The van der Waals surface area contributed by atoms with Gasteiger partial charge in [0.2, 0.25) is 15.9 Å². The summed E-state index contributed by atoms with van der Waals surface area (Å²) in [5.41, 5.74) is 0.376. The van der Waals surface area contributed by atoms with E-state index in [-0.39, 0.29) is 16.3 Å². The van der Waals surface area contributed by atoms with Crippen LogP contribution in [0, 0.1) is 11.6 Å². The second-order valence-corrected chi connectivity index (χ2v) is 7.67. The van der Waals surface area contributed by atoms with Gasteiger partial charge in [-0.05, 0) is 43.0 Å². The lowest BCUT2D eigenvalue weighted by molar-refractivity contribution is -0.111. The molecule has 2 aromatic rings. The Bertz CT molecular complexity index is 949. The summed E-state index contributed by atoms with van der Waals surface area (Å²) < 4.78 is 53.3. The summed E-state index contributed by atoms with van der Waals surface area (Å²) in [5.74, 6) is -2.17. The lowest BCUT2D eigenvalue weighted by atomic mass is 10.2. The minimum Gasteiger partial charge on any atom is -0.373 e. The second kappa shape index (κ2) is 8.28. The summed E-state index contributed by atoms with van der Waals surface area (Å²) in [5, 5.41) is 2.37. The van der Waals surface area contributed by atoms with E-state index >= 15 is 0 Å². The number of hydrogen-bond donors (Lipinski definition) is 2. The van der Waals surface area contributed by atoms with Crippen LogP contribution in [0.3, 0.4) is 0 Å². The largest absolute Gasteiger partial charge is 0.373 e. The average Bonchev–Trinajstić information content (AvgIpc) is 2.59. The van der Waals surface area contributed by atoms with Crippen LogP contribution >= 0.6 is 0 Å². The lowest BCUT2D eigenvalue weighted by Crippen LogP contribution is -2.18. The van der Waals surface area contributed by atoms with Crippen molar-refractivity contribution >= 4 is 33.4 Å². The minimum atomic E-state index is -3.53. The fraction of sp³-hybridized carbons (Fsp3) is 0.167. The van der Waals surface area contributed by atoms with Crippen LogP contribution in [0.15, 0.2) is 47.4 Å². The molecule has 0 saturated heterocycles. The smallest absolute Gasteiger partial charge is 0.248 e. The fourth-order valence-electron chi connectivity index (χ4n) is 2.30. The van der Waals surface area contributed by atoms with Gasteiger partial charge in [-0.1, -0.05) is 12.1 Å². The van der Waals surface area contributed by atoms with Gasteiger partial charge in [-0.25, -0.2) is 21.9 Å². The molecule has 0 saturated carbocycles. The van der Waals surface area contributed by atoms with E-state index < -0.39 is 27.6 Å². The van der Waals surface area contributed by atoms with E-state index in [0.29, 0.717) is 5.56 Å². The zero-order valence-corrected chi connectivity index (χ0v) is 15.8. The Morgan fingerprint density at radius 2 is 1.63 bits per heavy atom. The number of rotatable bonds is 6. The standard InChI is InChI=1S/C18H19F2N3O3S/c1-21-27(25,26)14-7-4-12(5-8-14)6-9-17(24)22-13-10-15(19)18(23(2)3)16(20)11-13/h4-11,21H,1-3H3,(H,22,24). The molecule has 0 aliphatic rings. The summed E-state index contributed by atoms with van der Waals surface area (Å²) in [6, 6.07) is 7.91. The van der Waals surface area contributed by atoms with Gasteiger partial charge in [0.25, 0.3) is 0 Å². The average molecular weight is 395 g/mol. The van der Waals surface area contributed by atoms with Crippen molar-refractivity contribution in [3.8, 4) is 0 Å². The molecule has 2 rings (SSSR count). The van der Waals surface area contributed by atoms with Crippen LogP contribution < -0.4 is 14.9 Å². The highest BCUT2D eigenvalue weighted by Crippen LogP contribution is 2.25. The van der Waals surface area contributed by atoms with Gasteiger partial charge in [0.15, 0.2) is 11.6 Å². The highest BCUT2D eigenvalue weighted by atomic mass is 32.2. The van der Waals surface area contributed by atoms with Crippen molar-refractivity contribution < 1.29 is 22.0 Å². The second-order valence-electron chi connectivity index (χ2n) is 5.78. The number of carbonyl (C=O) groups excluding carboxylic acids is 1. The Morgan fingerprint density at radius 3 is 2.11 bits per heavy atom. The minimum absolute atomic E-state index is 0.0132. The summed E-state index contributed by atoms with van der Waals surface area (Å²) in [7, 11) is 0.796. The van der Waals surface area contributed by atoms with Gasteiger partial charge in [0, 0.05) is 25.9 Å². The molecule has 0 heterocycles. The van der Waals surface area contributed by atoms with E-state index in [2.05, 4.69) is 10.0 Å². The molecule has 0 bridgehead atoms. The molecule has 0 fully saturated rings. The van der Waals surface area contributed by atoms with Crippen molar-refractivity contribution in [1.82, 2.24) is 4.72 Å². The predicted molar refractivity (Wildman–Crippen MR) is 101 cm³/mol. The van der Waals surface area contributed by atoms with E-state index in [1.165, 1.54) is 62.5 Å². The topological polar surface area (TPSA) is 78.5 Å². The Balaban J connectivity index is 2.10. The molecular weight excluding hydrogens is 376 g/mol. The monoisotopic (exact) mass is 395 g/mol. The van der Waals surface area contributed by atoms with Crippen molar-refractivity contribution in [2.45, 2.75) is 4.90 Å². The highest BCUT2D eigenvalue weighted by molar-refractivity contribution is 7.89. The normalized spacial score (nSPS) is 11.6. The van der Waals surface area contributed by atoms with Crippen LogP contribution in [-0.2, 0) is 14.8 Å². The zero-order chi connectivity index (χ0) is 20.2. The molecule has 2 N–H and O–H groups in total. The molecule has 27 heavy (non-hydrogen) atoms. The van der Waals surface area contributed by atoms with Gasteiger partial charge in [-0.2, -0.15) is 0 Å². The first-order valence-corrected chi connectivity index (χ1v) is 9.31. The maximum Gasteiger partial charge on any atom is 0.248 e. The Labute approximate surface area is 156 Å². The van der Waals surface area contributed by atoms with Crippen molar-refractivity contribution in [3.05, 3.63) is 59.7 Å². The number of amides is 1. The number of carbonyl (C=O) groups is 1. The van der Waals surface area contributed by atoms with E-state index in [0.717, 1.165) is 12.1 Å². The third kappa shape index (κ3) is 5.11. The molecule has 0 aromatic heterocycles. The Kier molecular flexibility index (Phi) is 6.29. The molecule has 0 atom stereocenters. The third-order valence-corrected chi connectivity index (χ3v) is 5.05. The molecule has 0 spiro atoms. The quantitative estimate of drug-likeness (QED) is 0.737. The fourth-order valence-corrected chi connectivity index (χ4v) is 3.03. The summed E-state index contributed by atoms with van der Waals surface area (Å²) in [6.07, 6.45) is 2.63. The first kappa shape index (κ1) is 20.5. The molecule has 9 heteroatoms. The predicted octanol–water partition coefficient (Wildman–Crippen LogP) is 2.59. The number of nitrogens with one attached hydrogen (secondary N) is 2. The number of anilines is 2. The maximum absolute atomic E-state index is 13.9. The first-order chi connectivity index (χ1) is 12.6. The van der Waals surface area contributed by atoms with Crippen LogP contribution in [-0.4, -0.2) is 35.5 Å². The molecule has 144 valence electrons. The van der Waals surface area contributed by atoms with Crippen LogP contribution in [0.2, 0.25) is 0 Å². The van der Waals surface area contributed by atoms with Crippen LogP contribution in [0.25, 0.3) is 6.08 Å². The number of sulfonamides is 1. The maximum atomic E-state index is 13.9. The van der Waals surface area contributed by atoms with Crippen molar-refractivity contribution in [2.24, 2.45) is 0 Å². The lowest BCUT2D eigenvalue weighted by Gasteiger charge is -2.15. The van der Waals surface area contributed by atoms with Gasteiger partial charge in [0.05, 0.1) is 4.90 Å². The van der Waals surface area contributed by atoms with Gasteiger partial charge in [-0.3, -0.25) is 4.79 Å². The Hall–Kier alpha value is -2.78. The molecular formula is C18H19F2N3O3S. The van der Waals surface area contributed by atoms with Crippen molar-refractivity contribution in [3.63, 3.8) is 0 Å². The van der Waals surface area contributed by atoms with Crippen molar-refractivity contribution in [2.75, 3.05) is 31.4 Å². The van der Waals surface area contributed by atoms with Crippen LogP contribution in [0.1, 0.15) is 5.56 Å². The van der Waals surface area contributed by atoms with Gasteiger partial charge < -0.3 is 10.2 Å². The van der Waals surface area contributed by atoms with Gasteiger partial charge >= 0.3 is 0 Å². The highest BCUT2D eigenvalue weighted by Gasteiger charge is 2.14. The zero-order valence-electron chi connectivity index (χ0n) is 15.0. The number of halogens is 2. The molecule has 1 amide bonds. The van der Waals surface area contributed by atoms with Crippen molar-refractivity contribution in [1.29, 1.82) is 0 Å². The molecule has 6 nitrogen and oxygen atoms in total. The number of benzene rings is 2. The molecule has 0 aliphatic heterocycles. The van der Waals surface area contributed by atoms with E-state index in [9.17, 15) is 22.0 Å². The molecule has 0 aliphatic carbocycles. The summed E-state index contributed by atoms with van der Waals surface area (Å²) in [4.78, 5) is 13.3. The van der Waals surface area contributed by atoms with Crippen LogP contribution in [0.4, 0.5) is 20.2 Å². The number of nitrogens with zero attached hydrogens (tertiary/aromatic N) is 1. The van der Waals surface area contributed by atoms with Crippen LogP contribution in [0.5, 0.6) is 0 Å². The van der Waals surface area contributed by atoms with E-state index in [1.807, 2.05) is 0 Å². The number of hydrogen-bond acceptors (Lipinski definition) is 4. The molecule has 2 aromatic carbocycles. The molecule has 0 radical (unpaired) electrons. The van der Waals surface area contributed by atoms with Gasteiger partial charge in [0.1, 0.15) is 5.69 Å².